The van der Waals surface area contributed by atoms with E-state index in [1.54, 1.807) is 18.2 Å². The average molecular weight is 723 g/mol. The van der Waals surface area contributed by atoms with Gasteiger partial charge in [0.05, 0.1) is 44.2 Å². The average Bonchev–Trinajstić information content (AvgIpc) is 3.51. The van der Waals surface area contributed by atoms with Gasteiger partial charge in [0.2, 0.25) is 29.6 Å². The van der Waals surface area contributed by atoms with E-state index in [-0.39, 0.29) is 55.5 Å². The van der Waals surface area contributed by atoms with Crippen LogP contribution in [0.4, 0.5) is 4.39 Å². The number of cyclic esters (lactones) is 1. The van der Waals surface area contributed by atoms with Crippen molar-refractivity contribution in [1.29, 1.82) is 5.26 Å². The topological polar surface area (TPSA) is 204 Å². The second-order valence-corrected chi connectivity index (χ2v) is 10.8. The van der Waals surface area contributed by atoms with Crippen LogP contribution in [0, 0.1) is 17.1 Å². The SMILES string of the molecule is COc1cc(C(=O)Oc2ccc(C#N)c(OC(=O)c3cccc(C(=O)n4c(=O)c(F)cn(C5OC(=O)c6ccccc65)c4=O)c3)n2)cc(OC)c1OC. The third-order valence-electron chi connectivity index (χ3n) is 7.78. The maximum Gasteiger partial charge on any atom is 0.345 e. The Morgan fingerprint density at radius 2 is 1.51 bits per heavy atom. The summed E-state index contributed by atoms with van der Waals surface area (Å²) in [6.07, 6.45) is -0.946. The monoisotopic (exact) mass is 722 g/mol. The number of methoxy groups -OCH3 is 3. The summed E-state index contributed by atoms with van der Waals surface area (Å²) in [6.45, 7) is 0. The van der Waals surface area contributed by atoms with Crippen LogP contribution in [-0.4, -0.2) is 59.3 Å². The number of nitrogens with zero attached hydrogens (tertiary/aromatic N) is 4. The summed E-state index contributed by atoms with van der Waals surface area (Å²) in [7, 11) is 4.10. The first-order valence-electron chi connectivity index (χ1n) is 15.1. The summed E-state index contributed by atoms with van der Waals surface area (Å²) < 4.78 is 47.1. The largest absolute Gasteiger partial charge is 0.493 e. The molecule has 0 saturated heterocycles. The van der Waals surface area contributed by atoms with Gasteiger partial charge in [0.1, 0.15) is 11.6 Å². The molecule has 0 fully saturated rings. The number of pyridine rings is 1. The Morgan fingerprint density at radius 1 is 0.830 bits per heavy atom. The lowest BCUT2D eigenvalue weighted by atomic mass is 10.1. The molecule has 53 heavy (non-hydrogen) atoms. The van der Waals surface area contributed by atoms with Crippen molar-refractivity contribution in [3.63, 3.8) is 0 Å². The van der Waals surface area contributed by atoms with Crippen LogP contribution >= 0.6 is 0 Å². The number of fused-ring (bicyclic) bond motifs is 1. The van der Waals surface area contributed by atoms with Crippen LogP contribution < -0.4 is 34.9 Å². The number of carbonyl (C=O) groups is 4. The summed E-state index contributed by atoms with van der Waals surface area (Å²) in [4.78, 5) is 82.3. The van der Waals surface area contributed by atoms with Gasteiger partial charge in [-0.2, -0.15) is 19.2 Å². The smallest absolute Gasteiger partial charge is 0.345 e. The highest BCUT2D eigenvalue weighted by atomic mass is 19.1. The van der Waals surface area contributed by atoms with Crippen molar-refractivity contribution in [2.24, 2.45) is 0 Å². The van der Waals surface area contributed by atoms with Crippen molar-refractivity contribution >= 4 is 23.8 Å². The van der Waals surface area contributed by atoms with Crippen molar-refractivity contribution in [1.82, 2.24) is 14.1 Å². The number of hydrogen-bond acceptors (Lipinski definition) is 14. The highest BCUT2D eigenvalue weighted by molar-refractivity contribution is 5.99. The molecule has 17 heteroatoms. The van der Waals surface area contributed by atoms with Crippen molar-refractivity contribution < 1.29 is 52.0 Å². The minimum Gasteiger partial charge on any atom is -0.493 e. The van der Waals surface area contributed by atoms with Gasteiger partial charge < -0.3 is 28.4 Å². The minimum absolute atomic E-state index is 0.00426. The van der Waals surface area contributed by atoms with Gasteiger partial charge in [0, 0.05) is 17.2 Å². The Bertz CT molecular complexity index is 2490. The highest BCUT2D eigenvalue weighted by Gasteiger charge is 2.34. The van der Waals surface area contributed by atoms with E-state index in [9.17, 15) is 38.4 Å². The molecule has 1 aliphatic heterocycles. The summed E-state index contributed by atoms with van der Waals surface area (Å²) in [5.74, 6) is -6.09. The first-order chi connectivity index (χ1) is 25.5. The molecule has 5 aromatic rings. The molecular formula is C36H23FN4O12. The number of rotatable bonds is 9. The van der Waals surface area contributed by atoms with Crippen molar-refractivity contribution in [3.05, 3.63) is 139 Å². The molecule has 2 aromatic heterocycles. The molecule has 0 bridgehead atoms. The molecule has 1 aliphatic rings. The number of carbonyl (C=O) groups excluding carboxylic acids is 4. The summed E-state index contributed by atoms with van der Waals surface area (Å²) in [5, 5.41) is 9.61. The Morgan fingerprint density at radius 3 is 2.19 bits per heavy atom. The molecule has 1 atom stereocenters. The van der Waals surface area contributed by atoms with E-state index in [0.29, 0.717) is 10.8 Å². The van der Waals surface area contributed by atoms with E-state index < -0.39 is 58.6 Å². The summed E-state index contributed by atoms with van der Waals surface area (Å²) in [6, 6.07) is 17.3. The lowest BCUT2D eigenvalue weighted by molar-refractivity contribution is 0.0303. The fourth-order valence-electron chi connectivity index (χ4n) is 5.27. The number of halogens is 1. The van der Waals surface area contributed by atoms with Crippen molar-refractivity contribution in [3.8, 4) is 35.1 Å². The third kappa shape index (κ3) is 6.55. The lowest BCUT2D eigenvalue weighted by Gasteiger charge is -2.16. The van der Waals surface area contributed by atoms with Gasteiger partial charge in [-0.15, -0.1) is 0 Å². The van der Waals surface area contributed by atoms with E-state index >= 15 is 0 Å². The second kappa shape index (κ2) is 14.3. The summed E-state index contributed by atoms with van der Waals surface area (Å²) in [5.41, 5.74) is -3.61. The lowest BCUT2D eigenvalue weighted by Crippen LogP contribution is -2.46. The molecule has 16 nitrogen and oxygen atoms in total. The van der Waals surface area contributed by atoms with Crippen LogP contribution in [0.3, 0.4) is 0 Å². The zero-order valence-corrected chi connectivity index (χ0v) is 27.6. The number of ether oxygens (including phenoxy) is 6. The van der Waals surface area contributed by atoms with Gasteiger partial charge in [-0.25, -0.2) is 19.2 Å². The predicted octanol–water partition coefficient (Wildman–Crippen LogP) is 3.29. The molecule has 0 amide bonds. The van der Waals surface area contributed by atoms with Gasteiger partial charge in [-0.3, -0.25) is 14.2 Å². The van der Waals surface area contributed by atoms with E-state index in [0.717, 1.165) is 12.1 Å². The molecule has 1 unspecified atom stereocenters. The minimum atomic E-state index is -1.59. The Kier molecular flexibility index (Phi) is 9.52. The van der Waals surface area contributed by atoms with Gasteiger partial charge in [-0.1, -0.05) is 24.3 Å². The quantitative estimate of drug-likeness (QED) is 0.200. The zero-order chi connectivity index (χ0) is 38.0. The first kappa shape index (κ1) is 35.2. The number of aromatic nitrogens is 3. The first-order valence-corrected chi connectivity index (χ1v) is 15.1. The molecule has 0 spiro atoms. The van der Waals surface area contributed by atoms with Gasteiger partial charge >= 0.3 is 23.6 Å². The highest BCUT2D eigenvalue weighted by Crippen LogP contribution is 2.38. The van der Waals surface area contributed by atoms with Gasteiger partial charge in [-0.05, 0) is 42.5 Å². The van der Waals surface area contributed by atoms with Crippen LogP contribution in [0.5, 0.6) is 29.0 Å². The maximum absolute atomic E-state index is 14.9. The Labute approximate surface area is 296 Å². The van der Waals surface area contributed by atoms with Crippen LogP contribution in [0.1, 0.15) is 58.8 Å². The second-order valence-electron chi connectivity index (χ2n) is 10.8. The summed E-state index contributed by atoms with van der Waals surface area (Å²) >= 11 is 0. The van der Waals surface area contributed by atoms with E-state index in [1.165, 1.54) is 69.9 Å². The predicted molar refractivity (Wildman–Crippen MR) is 176 cm³/mol. The van der Waals surface area contributed by atoms with E-state index in [2.05, 4.69) is 4.98 Å². The number of hydrogen-bond donors (Lipinski definition) is 0. The molecule has 0 N–H and O–H groups in total. The van der Waals surface area contributed by atoms with E-state index in [4.69, 9.17) is 28.4 Å². The Balaban J connectivity index is 1.26. The molecule has 3 heterocycles. The van der Waals surface area contributed by atoms with Crippen LogP contribution in [0.15, 0.2) is 88.6 Å². The maximum atomic E-state index is 14.9. The molecule has 3 aromatic carbocycles. The number of esters is 3. The molecule has 0 radical (unpaired) electrons. The van der Waals surface area contributed by atoms with Crippen LogP contribution in [0.2, 0.25) is 0 Å². The molecule has 266 valence electrons. The standard InChI is InChI=1S/C36H23FN4O12/c1-48-25-14-21(15-26(49-2)28(25)50-3)34(45)51-27-12-11-20(16-38)29(39-27)52-33(44)19-8-6-7-18(13-19)30(42)41-31(43)24(37)17-40(36(41)47)32-22-9-4-5-10-23(22)35(46)53-32/h4-15,17,32H,1-3H3. The third-order valence-corrected chi connectivity index (χ3v) is 7.78. The fraction of sp³-hybridized carbons (Fsp3) is 0.111. The number of nitriles is 1. The van der Waals surface area contributed by atoms with Crippen LogP contribution in [-0.2, 0) is 4.74 Å². The van der Waals surface area contributed by atoms with Gasteiger partial charge in [0.15, 0.2) is 11.5 Å². The Hall–Kier alpha value is -7.61. The van der Waals surface area contributed by atoms with Crippen molar-refractivity contribution in [2.75, 3.05) is 21.3 Å². The fourth-order valence-corrected chi connectivity index (χ4v) is 5.27. The molecular weight excluding hydrogens is 699 g/mol. The zero-order valence-electron chi connectivity index (χ0n) is 27.6. The van der Waals surface area contributed by atoms with Crippen molar-refractivity contribution in [2.45, 2.75) is 6.23 Å². The normalized spacial score (nSPS) is 12.9. The number of benzene rings is 3. The van der Waals surface area contributed by atoms with E-state index in [1.807, 2.05) is 0 Å². The van der Waals surface area contributed by atoms with Gasteiger partial charge in [0.25, 0.3) is 11.5 Å². The van der Waals surface area contributed by atoms with Crippen LogP contribution in [0.25, 0.3) is 0 Å². The molecule has 0 aliphatic carbocycles. The molecule has 0 saturated carbocycles. The molecule has 6 rings (SSSR count).